The Labute approximate surface area is 106 Å². The zero-order valence-corrected chi connectivity index (χ0v) is 11.0. The van der Waals surface area contributed by atoms with Crippen molar-refractivity contribution in [2.24, 2.45) is 0 Å². The van der Waals surface area contributed by atoms with Gasteiger partial charge in [-0.2, -0.15) is 0 Å². The first-order valence-corrected chi connectivity index (χ1v) is 6.33. The van der Waals surface area contributed by atoms with Crippen LogP contribution in [0.3, 0.4) is 0 Å². The second-order valence-electron chi connectivity index (χ2n) is 3.30. The largest absolute Gasteiger partial charge is 0.286 e. The van der Waals surface area contributed by atoms with Crippen molar-refractivity contribution < 1.29 is 4.79 Å². The van der Waals surface area contributed by atoms with Crippen LogP contribution in [0.1, 0.15) is 10.6 Å². The molecule has 0 bridgehead atoms. The van der Waals surface area contributed by atoms with Crippen molar-refractivity contribution in [2.75, 3.05) is 0 Å². The number of aryl methyl sites for hydroxylation is 1. The third-order valence-corrected chi connectivity index (χ3v) is 3.61. The van der Waals surface area contributed by atoms with Crippen LogP contribution < -0.4 is 0 Å². The predicted octanol–water partition coefficient (Wildman–Crippen LogP) is 2.98. The van der Waals surface area contributed by atoms with Gasteiger partial charge in [0.1, 0.15) is 5.01 Å². The van der Waals surface area contributed by atoms with Crippen molar-refractivity contribution >= 4 is 32.0 Å². The van der Waals surface area contributed by atoms with E-state index in [0.717, 1.165) is 21.1 Å². The topological polar surface area (TPSA) is 42.9 Å². The Bertz CT molecular complexity index is 510. The summed E-state index contributed by atoms with van der Waals surface area (Å²) in [6.45, 7) is 1.92. The van der Waals surface area contributed by atoms with E-state index in [1.165, 1.54) is 0 Å². The minimum Gasteiger partial charge on any atom is -0.286 e. The van der Waals surface area contributed by atoms with Crippen LogP contribution >= 0.6 is 27.3 Å². The number of carbonyl (C=O) groups excluding carboxylic acids is 1. The highest BCUT2D eigenvalue weighted by molar-refractivity contribution is 9.18. The van der Waals surface area contributed by atoms with Crippen LogP contribution in [0.2, 0.25) is 0 Å². The van der Waals surface area contributed by atoms with Crippen molar-refractivity contribution in [3.63, 3.8) is 0 Å². The van der Waals surface area contributed by atoms with Gasteiger partial charge >= 0.3 is 0 Å². The quantitative estimate of drug-likeness (QED) is 0.818. The first kappa shape index (κ1) is 11.4. The summed E-state index contributed by atoms with van der Waals surface area (Å²) in [5.74, 6) is 0. The predicted molar refractivity (Wildman–Crippen MR) is 67.7 cm³/mol. The molecule has 0 fully saturated rings. The van der Waals surface area contributed by atoms with Gasteiger partial charge in [0, 0.05) is 22.8 Å². The van der Waals surface area contributed by atoms with Gasteiger partial charge in [0.05, 0.1) is 12.1 Å². The van der Waals surface area contributed by atoms with Crippen LogP contribution in [-0.4, -0.2) is 14.7 Å². The maximum Gasteiger partial charge on any atom is 0.203 e. The van der Waals surface area contributed by atoms with Crippen molar-refractivity contribution in [1.29, 1.82) is 0 Å². The number of carbonyl (C=O) groups is 1. The first-order valence-electron chi connectivity index (χ1n) is 4.72. The minimum absolute atomic E-state index is 0.0134. The van der Waals surface area contributed by atoms with Gasteiger partial charge in [-0.15, -0.1) is 11.3 Å². The number of hydrogen-bond donors (Lipinski definition) is 0. The van der Waals surface area contributed by atoms with Crippen LogP contribution in [-0.2, 0) is 11.2 Å². The van der Waals surface area contributed by atoms with Crippen LogP contribution in [0, 0.1) is 6.92 Å². The third-order valence-electron chi connectivity index (χ3n) is 2.12. The van der Waals surface area contributed by atoms with Gasteiger partial charge in [0.2, 0.25) is 4.69 Å². The smallest absolute Gasteiger partial charge is 0.203 e. The molecular weight excluding hydrogens is 288 g/mol. The molecule has 0 unspecified atom stereocenters. The van der Waals surface area contributed by atoms with Crippen molar-refractivity contribution in [1.82, 2.24) is 9.97 Å². The highest BCUT2D eigenvalue weighted by Gasteiger charge is 2.11. The van der Waals surface area contributed by atoms with E-state index < -0.39 is 0 Å². The zero-order valence-electron chi connectivity index (χ0n) is 8.61. The molecule has 0 spiro atoms. The van der Waals surface area contributed by atoms with Crippen LogP contribution in [0.15, 0.2) is 24.5 Å². The molecule has 2 rings (SSSR count). The highest BCUT2D eigenvalue weighted by atomic mass is 79.9. The Morgan fingerprint density at radius 3 is 2.75 bits per heavy atom. The number of hydrogen-bond acceptors (Lipinski definition) is 4. The van der Waals surface area contributed by atoms with E-state index in [4.69, 9.17) is 0 Å². The molecule has 0 radical (unpaired) electrons. The molecule has 0 aromatic carbocycles. The first-order chi connectivity index (χ1) is 7.66. The van der Waals surface area contributed by atoms with Crippen molar-refractivity contribution in [2.45, 2.75) is 13.3 Å². The average molecular weight is 297 g/mol. The molecule has 2 aromatic rings. The third kappa shape index (κ3) is 2.54. The summed E-state index contributed by atoms with van der Waals surface area (Å²) in [5, 5.41) is 0.934. The molecule has 0 aliphatic carbocycles. The Morgan fingerprint density at radius 2 is 2.12 bits per heavy atom. The molecule has 2 heterocycles. The summed E-state index contributed by atoms with van der Waals surface area (Å²) >= 11 is 4.49. The Balaban J connectivity index is 2.34. The minimum atomic E-state index is -0.0134. The lowest BCUT2D eigenvalue weighted by molar-refractivity contribution is -0.109. The number of aromatic nitrogens is 2. The lowest BCUT2D eigenvalue weighted by atomic mass is 10.3. The fourth-order valence-electron chi connectivity index (χ4n) is 1.34. The van der Waals surface area contributed by atoms with Crippen molar-refractivity contribution in [3.8, 4) is 10.6 Å². The summed E-state index contributed by atoms with van der Waals surface area (Å²) in [4.78, 5) is 20.4. The van der Waals surface area contributed by atoms with Crippen molar-refractivity contribution in [3.05, 3.63) is 35.1 Å². The SMILES string of the molecule is Cc1nc(-c2ccncc2)sc1CC(=O)Br. The maximum atomic E-state index is 11.0. The molecule has 0 aliphatic heterocycles. The summed E-state index contributed by atoms with van der Waals surface area (Å²) in [6.07, 6.45) is 3.87. The molecular formula is C11H9BrN2OS. The maximum absolute atomic E-state index is 11.0. The van der Waals surface area contributed by atoms with Gasteiger partial charge < -0.3 is 0 Å². The summed E-state index contributed by atoms with van der Waals surface area (Å²) in [6, 6.07) is 3.83. The summed E-state index contributed by atoms with van der Waals surface area (Å²) < 4.78 is -0.0134. The van der Waals surface area contributed by atoms with Gasteiger partial charge in [0.25, 0.3) is 0 Å². The molecule has 0 aliphatic rings. The highest BCUT2D eigenvalue weighted by Crippen LogP contribution is 2.28. The molecule has 5 heteroatoms. The Kier molecular flexibility index (Phi) is 3.46. The van der Waals surface area contributed by atoms with Gasteiger partial charge in [-0.05, 0) is 35.0 Å². The Morgan fingerprint density at radius 1 is 1.44 bits per heavy atom. The number of pyridine rings is 1. The molecule has 16 heavy (non-hydrogen) atoms. The number of rotatable bonds is 3. The second-order valence-corrected chi connectivity index (χ2v) is 5.26. The lowest BCUT2D eigenvalue weighted by Crippen LogP contribution is -1.91. The molecule has 0 atom stereocenters. The normalized spacial score (nSPS) is 10.4. The van der Waals surface area contributed by atoms with Gasteiger partial charge in [-0.25, -0.2) is 4.98 Å². The molecule has 0 N–H and O–H groups in total. The standard InChI is InChI=1S/C11H9BrN2OS/c1-7-9(6-10(12)15)16-11(14-7)8-2-4-13-5-3-8/h2-5H,6H2,1H3. The van der Waals surface area contributed by atoms with Crippen LogP contribution in [0.25, 0.3) is 10.6 Å². The molecule has 0 amide bonds. The van der Waals surface area contributed by atoms with E-state index in [2.05, 4.69) is 25.9 Å². The molecule has 3 nitrogen and oxygen atoms in total. The van der Waals surface area contributed by atoms with Crippen LogP contribution in [0.4, 0.5) is 0 Å². The van der Waals surface area contributed by atoms with Gasteiger partial charge in [0.15, 0.2) is 0 Å². The fraction of sp³-hybridized carbons (Fsp3) is 0.182. The van der Waals surface area contributed by atoms with E-state index in [9.17, 15) is 4.79 Å². The monoisotopic (exact) mass is 296 g/mol. The lowest BCUT2D eigenvalue weighted by Gasteiger charge is -1.92. The average Bonchev–Trinajstić information content (AvgIpc) is 2.61. The fourth-order valence-corrected chi connectivity index (χ4v) is 2.87. The zero-order chi connectivity index (χ0) is 11.5. The second kappa shape index (κ2) is 4.84. The molecule has 0 saturated carbocycles. The summed E-state index contributed by atoms with van der Waals surface area (Å²) in [5.41, 5.74) is 1.96. The molecule has 0 saturated heterocycles. The molecule has 2 aromatic heterocycles. The molecule has 82 valence electrons. The van der Waals surface area contributed by atoms with Gasteiger partial charge in [-0.3, -0.25) is 9.78 Å². The summed E-state index contributed by atoms with van der Waals surface area (Å²) in [7, 11) is 0. The van der Waals surface area contributed by atoms with E-state index in [1.54, 1.807) is 23.7 Å². The van der Waals surface area contributed by atoms with E-state index >= 15 is 0 Å². The number of halogens is 1. The van der Waals surface area contributed by atoms with Crippen LogP contribution in [0.5, 0.6) is 0 Å². The number of thiazole rings is 1. The Hall–Kier alpha value is -1.07. The number of nitrogens with zero attached hydrogens (tertiary/aromatic N) is 2. The van der Waals surface area contributed by atoms with Gasteiger partial charge in [-0.1, -0.05) is 0 Å². The van der Waals surface area contributed by atoms with E-state index in [1.807, 2.05) is 19.1 Å². The van der Waals surface area contributed by atoms with E-state index in [0.29, 0.717) is 6.42 Å². The van der Waals surface area contributed by atoms with E-state index in [-0.39, 0.29) is 4.69 Å².